The van der Waals surface area contributed by atoms with Gasteiger partial charge in [-0.05, 0) is 31.5 Å². The Kier molecular flexibility index (Phi) is 3.42. The van der Waals surface area contributed by atoms with E-state index in [-0.39, 0.29) is 5.82 Å². The fourth-order valence-electron chi connectivity index (χ4n) is 2.03. The van der Waals surface area contributed by atoms with Crippen molar-refractivity contribution in [1.82, 2.24) is 0 Å². The first-order valence-corrected chi connectivity index (χ1v) is 6.10. The molecule has 0 heterocycles. The molecule has 2 N–H and O–H groups in total. The van der Waals surface area contributed by atoms with Crippen molar-refractivity contribution in [2.45, 2.75) is 19.4 Å². The predicted molar refractivity (Wildman–Crippen MR) is 73.2 cm³/mol. The standard InChI is InChI=1S/C15H15ClFN/c1-10-4-3-5-11(8-10)15(2,18)13-7-6-12(16)9-14(13)17/h3-9H,18H2,1-2H3. The summed E-state index contributed by atoms with van der Waals surface area (Å²) in [5.74, 6) is -0.381. The van der Waals surface area contributed by atoms with E-state index in [9.17, 15) is 4.39 Å². The molecule has 0 aliphatic rings. The molecule has 0 spiro atoms. The van der Waals surface area contributed by atoms with Gasteiger partial charge in [0.2, 0.25) is 0 Å². The van der Waals surface area contributed by atoms with Crippen molar-refractivity contribution in [1.29, 1.82) is 0 Å². The van der Waals surface area contributed by atoms with Crippen LogP contribution in [0.15, 0.2) is 42.5 Å². The van der Waals surface area contributed by atoms with Crippen molar-refractivity contribution in [3.05, 3.63) is 70.0 Å². The van der Waals surface area contributed by atoms with Crippen molar-refractivity contribution >= 4 is 11.6 Å². The fourth-order valence-corrected chi connectivity index (χ4v) is 2.19. The Hall–Kier alpha value is -1.38. The molecule has 1 nitrogen and oxygen atoms in total. The van der Waals surface area contributed by atoms with E-state index in [0.717, 1.165) is 11.1 Å². The maximum Gasteiger partial charge on any atom is 0.130 e. The Bertz CT molecular complexity index is 578. The molecule has 0 aliphatic carbocycles. The second-order valence-corrected chi connectivity index (χ2v) is 5.13. The van der Waals surface area contributed by atoms with E-state index in [0.29, 0.717) is 10.6 Å². The molecule has 0 aromatic heterocycles. The molecule has 3 heteroatoms. The Morgan fingerprint density at radius 3 is 2.50 bits per heavy atom. The third-order valence-electron chi connectivity index (χ3n) is 3.11. The SMILES string of the molecule is Cc1cccc(C(C)(N)c2ccc(Cl)cc2F)c1. The van der Waals surface area contributed by atoms with Gasteiger partial charge in [0, 0.05) is 10.6 Å². The molecule has 0 amide bonds. The predicted octanol–water partition coefficient (Wildman–Crippen LogP) is 4.01. The van der Waals surface area contributed by atoms with Crippen LogP contribution in [0.5, 0.6) is 0 Å². The summed E-state index contributed by atoms with van der Waals surface area (Å²) >= 11 is 5.76. The zero-order valence-electron chi connectivity index (χ0n) is 10.4. The van der Waals surface area contributed by atoms with Crippen molar-refractivity contribution in [2.24, 2.45) is 5.73 Å². The van der Waals surface area contributed by atoms with Gasteiger partial charge in [-0.25, -0.2) is 4.39 Å². The third-order valence-corrected chi connectivity index (χ3v) is 3.34. The molecule has 2 aromatic rings. The zero-order valence-corrected chi connectivity index (χ0v) is 11.1. The molecule has 0 fully saturated rings. The highest BCUT2D eigenvalue weighted by molar-refractivity contribution is 6.30. The van der Waals surface area contributed by atoms with Crippen LogP contribution in [0, 0.1) is 12.7 Å². The summed E-state index contributed by atoms with van der Waals surface area (Å²) < 4.78 is 14.0. The topological polar surface area (TPSA) is 26.0 Å². The van der Waals surface area contributed by atoms with E-state index in [1.165, 1.54) is 6.07 Å². The van der Waals surface area contributed by atoms with Crippen LogP contribution in [0.2, 0.25) is 5.02 Å². The highest BCUT2D eigenvalue weighted by Gasteiger charge is 2.27. The highest BCUT2D eigenvalue weighted by atomic mass is 35.5. The van der Waals surface area contributed by atoms with E-state index in [1.807, 2.05) is 31.2 Å². The number of hydrogen-bond donors (Lipinski definition) is 1. The van der Waals surface area contributed by atoms with Crippen molar-refractivity contribution in [2.75, 3.05) is 0 Å². The molecule has 2 aromatic carbocycles. The Morgan fingerprint density at radius 2 is 1.89 bits per heavy atom. The molecule has 0 radical (unpaired) electrons. The second kappa shape index (κ2) is 4.71. The lowest BCUT2D eigenvalue weighted by molar-refractivity contribution is 0.530. The van der Waals surface area contributed by atoms with Crippen LogP contribution in [-0.2, 0) is 5.54 Å². The maximum atomic E-state index is 14.0. The molecule has 18 heavy (non-hydrogen) atoms. The monoisotopic (exact) mass is 263 g/mol. The van der Waals surface area contributed by atoms with E-state index in [4.69, 9.17) is 17.3 Å². The van der Waals surface area contributed by atoms with Gasteiger partial charge < -0.3 is 5.73 Å². The molecule has 0 saturated heterocycles. The summed E-state index contributed by atoms with van der Waals surface area (Å²) in [5.41, 5.74) is 7.84. The lowest BCUT2D eigenvalue weighted by Gasteiger charge is -2.26. The third kappa shape index (κ3) is 2.40. The number of hydrogen-bond acceptors (Lipinski definition) is 1. The average molecular weight is 264 g/mol. The van der Waals surface area contributed by atoms with E-state index >= 15 is 0 Å². The zero-order chi connectivity index (χ0) is 13.3. The number of nitrogens with two attached hydrogens (primary N) is 1. The molecule has 0 aliphatic heterocycles. The van der Waals surface area contributed by atoms with Crippen LogP contribution in [0.3, 0.4) is 0 Å². The Labute approximate surface area is 111 Å². The number of aryl methyl sites for hydroxylation is 1. The van der Waals surface area contributed by atoms with Gasteiger partial charge in [-0.2, -0.15) is 0 Å². The summed E-state index contributed by atoms with van der Waals surface area (Å²) in [4.78, 5) is 0. The van der Waals surface area contributed by atoms with Crippen LogP contribution < -0.4 is 5.73 Å². The molecule has 1 atom stereocenters. The minimum absolute atomic E-state index is 0.372. The van der Waals surface area contributed by atoms with Gasteiger partial charge in [0.1, 0.15) is 5.82 Å². The first kappa shape index (κ1) is 13.1. The molecule has 0 bridgehead atoms. The largest absolute Gasteiger partial charge is 0.318 e. The van der Waals surface area contributed by atoms with E-state index in [2.05, 4.69) is 0 Å². The molecule has 1 unspecified atom stereocenters. The molecule has 94 valence electrons. The Balaban J connectivity index is 2.53. The van der Waals surface area contributed by atoms with Gasteiger partial charge in [-0.1, -0.05) is 47.5 Å². The summed E-state index contributed by atoms with van der Waals surface area (Å²) in [7, 11) is 0. The minimum atomic E-state index is -0.874. The first-order chi connectivity index (χ1) is 8.41. The van der Waals surface area contributed by atoms with Gasteiger partial charge in [0.05, 0.1) is 5.54 Å². The molecular weight excluding hydrogens is 249 g/mol. The van der Waals surface area contributed by atoms with Gasteiger partial charge in [0.15, 0.2) is 0 Å². The van der Waals surface area contributed by atoms with Crippen LogP contribution >= 0.6 is 11.6 Å². The van der Waals surface area contributed by atoms with Crippen LogP contribution in [-0.4, -0.2) is 0 Å². The fraction of sp³-hybridized carbons (Fsp3) is 0.200. The van der Waals surface area contributed by atoms with Crippen LogP contribution in [0.4, 0.5) is 4.39 Å². The summed E-state index contributed by atoms with van der Waals surface area (Å²) in [5, 5.41) is 0.372. The van der Waals surface area contributed by atoms with E-state index < -0.39 is 5.54 Å². The van der Waals surface area contributed by atoms with Gasteiger partial charge in [-0.3, -0.25) is 0 Å². The normalized spacial score (nSPS) is 14.3. The van der Waals surface area contributed by atoms with Crippen molar-refractivity contribution in [3.63, 3.8) is 0 Å². The van der Waals surface area contributed by atoms with Crippen molar-refractivity contribution in [3.8, 4) is 0 Å². The summed E-state index contributed by atoms with van der Waals surface area (Å²) in [6.07, 6.45) is 0. The second-order valence-electron chi connectivity index (χ2n) is 4.70. The summed E-state index contributed by atoms with van der Waals surface area (Å²) in [6, 6.07) is 12.4. The first-order valence-electron chi connectivity index (χ1n) is 5.73. The number of halogens is 2. The summed E-state index contributed by atoms with van der Waals surface area (Å²) in [6.45, 7) is 3.78. The highest BCUT2D eigenvalue weighted by Crippen LogP contribution is 2.30. The average Bonchev–Trinajstić information content (AvgIpc) is 2.28. The number of rotatable bonds is 2. The lowest BCUT2D eigenvalue weighted by atomic mass is 9.85. The van der Waals surface area contributed by atoms with Gasteiger partial charge in [-0.15, -0.1) is 0 Å². The maximum absolute atomic E-state index is 14.0. The molecular formula is C15H15ClFN. The smallest absolute Gasteiger partial charge is 0.130 e. The number of benzene rings is 2. The molecule has 2 rings (SSSR count). The van der Waals surface area contributed by atoms with E-state index in [1.54, 1.807) is 19.1 Å². The Morgan fingerprint density at radius 1 is 1.17 bits per heavy atom. The van der Waals surface area contributed by atoms with Crippen LogP contribution in [0.25, 0.3) is 0 Å². The van der Waals surface area contributed by atoms with Crippen molar-refractivity contribution < 1.29 is 4.39 Å². The van der Waals surface area contributed by atoms with Gasteiger partial charge >= 0.3 is 0 Å². The minimum Gasteiger partial charge on any atom is -0.318 e. The van der Waals surface area contributed by atoms with Crippen LogP contribution in [0.1, 0.15) is 23.6 Å². The quantitative estimate of drug-likeness (QED) is 0.870. The van der Waals surface area contributed by atoms with Gasteiger partial charge in [0.25, 0.3) is 0 Å². The lowest BCUT2D eigenvalue weighted by Crippen LogP contribution is -2.35. The molecule has 0 saturated carbocycles.